The summed E-state index contributed by atoms with van der Waals surface area (Å²) in [5.41, 5.74) is 0. The van der Waals surface area contributed by atoms with Gasteiger partial charge in [-0.15, -0.1) is 0 Å². The van der Waals surface area contributed by atoms with Gasteiger partial charge in [0.1, 0.15) is 6.23 Å². The molecule has 9 heavy (non-hydrogen) atoms. The fourth-order valence-corrected chi connectivity index (χ4v) is 1.19. The predicted octanol–water partition coefficient (Wildman–Crippen LogP) is -0.485. The lowest BCUT2D eigenvalue weighted by Crippen LogP contribution is -2.35. The molecule has 0 aromatic carbocycles. The number of nitrogens with one attached hydrogen (secondary N) is 1. The van der Waals surface area contributed by atoms with Crippen molar-refractivity contribution in [2.24, 2.45) is 0 Å². The van der Waals surface area contributed by atoms with Crippen LogP contribution in [0.1, 0.15) is 6.92 Å². The molecule has 2 N–H and O–H groups in total. The molecule has 0 aromatic heterocycles. The molecule has 0 aliphatic carbocycles. The monoisotopic (exact) mass is 146 g/mol. The summed E-state index contributed by atoms with van der Waals surface area (Å²) >= 11 is 4.87. The second-order valence-corrected chi connectivity index (χ2v) is 2.44. The van der Waals surface area contributed by atoms with Crippen molar-refractivity contribution in [3.63, 3.8) is 0 Å². The van der Waals surface area contributed by atoms with E-state index in [-0.39, 0.29) is 0 Å². The van der Waals surface area contributed by atoms with Gasteiger partial charge in [-0.05, 0) is 19.1 Å². The molecule has 1 saturated heterocycles. The van der Waals surface area contributed by atoms with Gasteiger partial charge in [0.15, 0.2) is 5.11 Å². The van der Waals surface area contributed by atoms with Crippen LogP contribution in [-0.2, 0) is 0 Å². The Morgan fingerprint density at radius 2 is 2.56 bits per heavy atom. The van der Waals surface area contributed by atoms with Crippen molar-refractivity contribution in [2.45, 2.75) is 13.2 Å². The molecular weight excluding hydrogens is 136 g/mol. The van der Waals surface area contributed by atoms with Gasteiger partial charge in [0.25, 0.3) is 0 Å². The number of hydrogen-bond acceptors (Lipinski definition) is 2. The van der Waals surface area contributed by atoms with E-state index in [0.717, 1.165) is 13.1 Å². The van der Waals surface area contributed by atoms with Crippen LogP contribution in [0.25, 0.3) is 0 Å². The number of nitrogens with zero attached hydrogens (tertiary/aromatic N) is 1. The van der Waals surface area contributed by atoms with Crippen molar-refractivity contribution in [1.82, 2.24) is 10.2 Å². The molecule has 1 rings (SSSR count). The maximum atomic E-state index is 9.02. The summed E-state index contributed by atoms with van der Waals surface area (Å²) in [7, 11) is 0. The average molecular weight is 146 g/mol. The standard InChI is InChI=1S/C5H10N2OS/c1-4(8)7-3-2-6-5(7)9/h4,8H,2-3H2,1H3,(H,6,9). The molecule has 0 amide bonds. The van der Waals surface area contributed by atoms with E-state index in [1.807, 2.05) is 0 Å². The average Bonchev–Trinajstić information content (AvgIpc) is 2.13. The molecule has 1 unspecified atom stereocenters. The second kappa shape index (κ2) is 2.49. The number of aliphatic hydroxyl groups is 1. The third-order valence-corrected chi connectivity index (χ3v) is 1.72. The van der Waals surface area contributed by atoms with Crippen molar-refractivity contribution in [2.75, 3.05) is 13.1 Å². The highest BCUT2D eigenvalue weighted by Crippen LogP contribution is 2.00. The maximum Gasteiger partial charge on any atom is 0.171 e. The fraction of sp³-hybridized carbons (Fsp3) is 0.800. The zero-order chi connectivity index (χ0) is 6.85. The van der Waals surface area contributed by atoms with Gasteiger partial charge in [0, 0.05) is 13.1 Å². The molecular formula is C5H10N2OS. The third kappa shape index (κ3) is 1.31. The molecule has 1 aliphatic rings. The SMILES string of the molecule is CC(O)N1CCNC1=S. The van der Waals surface area contributed by atoms with Crippen LogP contribution < -0.4 is 5.32 Å². The summed E-state index contributed by atoms with van der Waals surface area (Å²) in [5.74, 6) is 0. The van der Waals surface area contributed by atoms with E-state index in [4.69, 9.17) is 17.3 Å². The van der Waals surface area contributed by atoms with Crippen LogP contribution in [0, 0.1) is 0 Å². The Labute approximate surface area is 59.7 Å². The van der Waals surface area contributed by atoms with Crippen LogP contribution in [0.4, 0.5) is 0 Å². The Morgan fingerprint density at radius 1 is 1.89 bits per heavy atom. The Bertz CT molecular complexity index is 126. The first-order valence-electron chi connectivity index (χ1n) is 2.94. The van der Waals surface area contributed by atoms with Gasteiger partial charge in [-0.3, -0.25) is 0 Å². The minimum Gasteiger partial charge on any atom is -0.374 e. The lowest BCUT2D eigenvalue weighted by atomic mass is 10.5. The minimum atomic E-state index is -0.451. The van der Waals surface area contributed by atoms with Crippen molar-refractivity contribution < 1.29 is 5.11 Å². The minimum absolute atomic E-state index is 0.451. The van der Waals surface area contributed by atoms with Gasteiger partial charge >= 0.3 is 0 Å². The van der Waals surface area contributed by atoms with Crippen LogP contribution in [0.2, 0.25) is 0 Å². The fourth-order valence-electron chi connectivity index (χ4n) is 0.843. The smallest absolute Gasteiger partial charge is 0.171 e. The van der Waals surface area contributed by atoms with Gasteiger partial charge in [-0.2, -0.15) is 0 Å². The quantitative estimate of drug-likeness (QED) is 0.490. The number of aliphatic hydroxyl groups excluding tert-OH is 1. The zero-order valence-corrected chi connectivity index (χ0v) is 6.11. The number of rotatable bonds is 1. The largest absolute Gasteiger partial charge is 0.374 e. The third-order valence-electron chi connectivity index (χ3n) is 1.34. The highest BCUT2D eigenvalue weighted by Gasteiger charge is 2.18. The van der Waals surface area contributed by atoms with E-state index in [9.17, 15) is 0 Å². The molecule has 1 aliphatic heterocycles. The predicted molar refractivity (Wildman–Crippen MR) is 39.0 cm³/mol. The topological polar surface area (TPSA) is 35.5 Å². The van der Waals surface area contributed by atoms with Crippen LogP contribution in [0.5, 0.6) is 0 Å². The number of thiocarbonyl (C=S) groups is 1. The molecule has 0 bridgehead atoms. The van der Waals surface area contributed by atoms with Crippen LogP contribution in [-0.4, -0.2) is 34.4 Å². The maximum absolute atomic E-state index is 9.02. The summed E-state index contributed by atoms with van der Waals surface area (Å²) in [6, 6.07) is 0. The lowest BCUT2D eigenvalue weighted by molar-refractivity contribution is 0.0807. The van der Waals surface area contributed by atoms with E-state index in [1.54, 1.807) is 11.8 Å². The van der Waals surface area contributed by atoms with Crippen LogP contribution in [0.15, 0.2) is 0 Å². The van der Waals surface area contributed by atoms with E-state index in [2.05, 4.69) is 5.32 Å². The van der Waals surface area contributed by atoms with Crippen molar-refractivity contribution >= 4 is 17.3 Å². The van der Waals surface area contributed by atoms with Gasteiger partial charge in [0.05, 0.1) is 0 Å². The van der Waals surface area contributed by atoms with Crippen LogP contribution >= 0.6 is 12.2 Å². The first-order valence-corrected chi connectivity index (χ1v) is 3.35. The first-order chi connectivity index (χ1) is 4.22. The molecule has 0 spiro atoms. The summed E-state index contributed by atoms with van der Waals surface area (Å²) in [4.78, 5) is 1.75. The van der Waals surface area contributed by atoms with Crippen LogP contribution in [0.3, 0.4) is 0 Å². The molecule has 3 nitrogen and oxygen atoms in total. The van der Waals surface area contributed by atoms with Crippen molar-refractivity contribution in [3.8, 4) is 0 Å². The molecule has 0 aromatic rings. The molecule has 1 atom stereocenters. The van der Waals surface area contributed by atoms with E-state index >= 15 is 0 Å². The van der Waals surface area contributed by atoms with E-state index in [1.165, 1.54) is 0 Å². The van der Waals surface area contributed by atoms with Crippen molar-refractivity contribution in [1.29, 1.82) is 0 Å². The molecule has 1 fully saturated rings. The normalized spacial score (nSPS) is 22.0. The molecule has 52 valence electrons. The van der Waals surface area contributed by atoms with Gasteiger partial charge in [-0.25, -0.2) is 0 Å². The van der Waals surface area contributed by atoms with E-state index in [0.29, 0.717) is 5.11 Å². The van der Waals surface area contributed by atoms with Gasteiger partial charge in [0.2, 0.25) is 0 Å². The molecule has 0 saturated carbocycles. The summed E-state index contributed by atoms with van der Waals surface area (Å²) < 4.78 is 0. The van der Waals surface area contributed by atoms with Crippen molar-refractivity contribution in [3.05, 3.63) is 0 Å². The highest BCUT2D eigenvalue weighted by molar-refractivity contribution is 7.80. The Kier molecular flexibility index (Phi) is 1.87. The van der Waals surface area contributed by atoms with Gasteiger partial charge < -0.3 is 15.3 Å². The summed E-state index contributed by atoms with van der Waals surface area (Å²) in [6.45, 7) is 3.37. The Balaban J connectivity index is 2.49. The second-order valence-electron chi connectivity index (χ2n) is 2.06. The molecule has 0 radical (unpaired) electrons. The summed E-state index contributed by atoms with van der Waals surface area (Å²) in [6.07, 6.45) is -0.451. The lowest BCUT2D eigenvalue weighted by Gasteiger charge is -2.18. The molecule has 1 heterocycles. The van der Waals surface area contributed by atoms with E-state index < -0.39 is 6.23 Å². The molecule has 4 heteroatoms. The number of hydrogen-bond donors (Lipinski definition) is 2. The Hall–Kier alpha value is -0.350. The van der Waals surface area contributed by atoms with Gasteiger partial charge in [-0.1, -0.05) is 0 Å². The zero-order valence-electron chi connectivity index (χ0n) is 5.29. The summed E-state index contributed by atoms with van der Waals surface area (Å²) in [5, 5.41) is 12.6. The highest BCUT2D eigenvalue weighted by atomic mass is 32.1. The Morgan fingerprint density at radius 3 is 2.78 bits per heavy atom. The first kappa shape index (κ1) is 6.77.